The monoisotopic (exact) mass is 448 g/mol. The van der Waals surface area contributed by atoms with E-state index in [0.717, 1.165) is 29.0 Å². The minimum Gasteiger partial charge on any atom is -0.339 e. The van der Waals surface area contributed by atoms with Crippen LogP contribution in [0.25, 0.3) is 11.0 Å². The molecule has 3 aromatic rings. The highest BCUT2D eigenvalue weighted by Gasteiger charge is 2.31. The number of sulfonamides is 1. The molecular formula is C21H22F2N4O3S. The van der Waals surface area contributed by atoms with E-state index in [1.54, 1.807) is 4.90 Å². The van der Waals surface area contributed by atoms with Crippen LogP contribution in [0.5, 0.6) is 0 Å². The second-order valence-electron chi connectivity index (χ2n) is 7.32. The highest BCUT2D eigenvalue weighted by molar-refractivity contribution is 7.89. The molecule has 164 valence electrons. The Balaban J connectivity index is 1.45. The minimum atomic E-state index is -3.97. The average molecular weight is 448 g/mol. The smallest absolute Gasteiger partial charge is 0.243 e. The number of para-hydroxylation sites is 2. The molecule has 10 heteroatoms. The number of halogens is 2. The largest absolute Gasteiger partial charge is 0.339 e. The number of carbonyl (C=O) groups is 1. The number of imidazole rings is 1. The summed E-state index contributed by atoms with van der Waals surface area (Å²) in [6, 6.07) is 10.1. The number of rotatable bonds is 5. The predicted molar refractivity (Wildman–Crippen MR) is 111 cm³/mol. The van der Waals surface area contributed by atoms with Crippen molar-refractivity contribution in [2.75, 3.05) is 26.2 Å². The Hall–Kier alpha value is -2.85. The zero-order chi connectivity index (χ0) is 22.2. The number of hydrogen-bond donors (Lipinski definition) is 0. The van der Waals surface area contributed by atoms with Gasteiger partial charge in [0.1, 0.15) is 12.4 Å². The van der Waals surface area contributed by atoms with E-state index in [-0.39, 0.29) is 43.5 Å². The molecule has 1 saturated heterocycles. The summed E-state index contributed by atoms with van der Waals surface area (Å²) in [4.78, 5) is 18.8. The van der Waals surface area contributed by atoms with Gasteiger partial charge in [0.25, 0.3) is 0 Å². The molecule has 1 amide bonds. The van der Waals surface area contributed by atoms with Crippen molar-refractivity contribution < 1.29 is 22.0 Å². The van der Waals surface area contributed by atoms with Gasteiger partial charge in [0, 0.05) is 32.6 Å². The van der Waals surface area contributed by atoms with Crippen LogP contribution in [0.1, 0.15) is 12.7 Å². The van der Waals surface area contributed by atoms with Crippen molar-refractivity contribution in [2.24, 2.45) is 0 Å². The Kier molecular flexibility index (Phi) is 5.76. The molecule has 0 radical (unpaired) electrons. The normalized spacial score (nSPS) is 15.5. The van der Waals surface area contributed by atoms with Crippen molar-refractivity contribution in [2.45, 2.75) is 24.8 Å². The number of carbonyl (C=O) groups excluding carboxylic acids is 1. The second kappa shape index (κ2) is 8.35. The fourth-order valence-corrected chi connectivity index (χ4v) is 5.21. The summed E-state index contributed by atoms with van der Waals surface area (Å²) in [6.07, 6.45) is 0.683. The molecule has 0 aliphatic carbocycles. The van der Waals surface area contributed by atoms with E-state index in [0.29, 0.717) is 12.5 Å². The van der Waals surface area contributed by atoms with E-state index < -0.39 is 21.7 Å². The molecule has 31 heavy (non-hydrogen) atoms. The van der Waals surface area contributed by atoms with E-state index in [9.17, 15) is 22.0 Å². The van der Waals surface area contributed by atoms with Crippen LogP contribution in [0.15, 0.2) is 47.4 Å². The summed E-state index contributed by atoms with van der Waals surface area (Å²) in [6.45, 7) is 2.70. The van der Waals surface area contributed by atoms with Gasteiger partial charge in [-0.3, -0.25) is 4.79 Å². The van der Waals surface area contributed by atoms with Crippen LogP contribution in [0, 0.1) is 11.6 Å². The molecule has 1 aromatic heterocycles. The molecule has 2 aromatic carbocycles. The van der Waals surface area contributed by atoms with Crippen LogP contribution in [0.3, 0.4) is 0 Å². The van der Waals surface area contributed by atoms with Crippen LogP contribution in [-0.4, -0.2) is 59.3 Å². The lowest BCUT2D eigenvalue weighted by Crippen LogP contribution is -2.51. The van der Waals surface area contributed by atoms with Gasteiger partial charge in [-0.25, -0.2) is 22.2 Å². The van der Waals surface area contributed by atoms with Crippen molar-refractivity contribution in [3.8, 4) is 0 Å². The fraction of sp³-hybridized carbons (Fsp3) is 0.333. The maximum atomic E-state index is 13.5. The van der Waals surface area contributed by atoms with Crippen molar-refractivity contribution in [1.29, 1.82) is 0 Å². The van der Waals surface area contributed by atoms with Crippen molar-refractivity contribution >= 4 is 27.0 Å². The van der Waals surface area contributed by atoms with Gasteiger partial charge in [-0.1, -0.05) is 19.1 Å². The maximum absolute atomic E-state index is 13.5. The van der Waals surface area contributed by atoms with E-state index in [1.165, 1.54) is 4.31 Å². The lowest BCUT2D eigenvalue weighted by atomic mass is 10.3. The van der Waals surface area contributed by atoms with Crippen LogP contribution >= 0.6 is 0 Å². The van der Waals surface area contributed by atoms with Gasteiger partial charge in [0.2, 0.25) is 15.9 Å². The first kappa shape index (κ1) is 21.4. The lowest BCUT2D eigenvalue weighted by molar-refractivity contribution is -0.133. The highest BCUT2D eigenvalue weighted by Crippen LogP contribution is 2.21. The molecule has 0 N–H and O–H groups in total. The number of amides is 1. The van der Waals surface area contributed by atoms with Crippen LogP contribution < -0.4 is 0 Å². The number of nitrogens with zero attached hydrogens (tertiary/aromatic N) is 4. The number of aromatic nitrogens is 2. The molecule has 7 nitrogen and oxygen atoms in total. The quantitative estimate of drug-likeness (QED) is 0.601. The van der Waals surface area contributed by atoms with Gasteiger partial charge in [0.05, 0.1) is 15.9 Å². The summed E-state index contributed by atoms with van der Waals surface area (Å²) >= 11 is 0. The third-order valence-corrected chi connectivity index (χ3v) is 7.36. The van der Waals surface area contributed by atoms with Crippen LogP contribution in [-0.2, 0) is 27.8 Å². The first-order valence-electron chi connectivity index (χ1n) is 9.98. The maximum Gasteiger partial charge on any atom is 0.243 e. The van der Waals surface area contributed by atoms with Crippen molar-refractivity contribution in [3.05, 3.63) is 59.9 Å². The fourth-order valence-electron chi connectivity index (χ4n) is 3.77. The van der Waals surface area contributed by atoms with Gasteiger partial charge >= 0.3 is 0 Å². The number of piperazine rings is 1. The van der Waals surface area contributed by atoms with Gasteiger partial charge in [-0.05, 0) is 30.3 Å². The molecule has 1 fully saturated rings. The summed E-state index contributed by atoms with van der Waals surface area (Å²) in [5.41, 5.74) is 1.71. The Morgan fingerprint density at radius 2 is 1.74 bits per heavy atom. The van der Waals surface area contributed by atoms with E-state index in [2.05, 4.69) is 4.98 Å². The van der Waals surface area contributed by atoms with Gasteiger partial charge in [-0.2, -0.15) is 4.31 Å². The lowest BCUT2D eigenvalue weighted by Gasteiger charge is -2.34. The van der Waals surface area contributed by atoms with E-state index in [1.807, 2.05) is 35.8 Å². The summed E-state index contributed by atoms with van der Waals surface area (Å²) in [7, 11) is -3.97. The molecule has 1 aliphatic heterocycles. The van der Waals surface area contributed by atoms with Crippen LogP contribution in [0.4, 0.5) is 8.78 Å². The Labute approximate surface area is 178 Å². The van der Waals surface area contributed by atoms with Gasteiger partial charge < -0.3 is 9.47 Å². The topological polar surface area (TPSA) is 75.5 Å². The molecular weight excluding hydrogens is 426 g/mol. The number of aryl methyl sites for hydroxylation is 1. The Bertz CT molecular complexity index is 1230. The molecule has 4 rings (SSSR count). The standard InChI is InChI=1S/C21H22F2N4O3S/c1-2-20-24-18-5-3-4-6-19(18)27(20)14-21(28)25-9-11-26(12-10-25)31(29,30)15-7-8-16(22)17(23)13-15/h3-8,13H,2,9-12,14H2,1H3. The molecule has 2 heterocycles. The summed E-state index contributed by atoms with van der Waals surface area (Å²) in [5.74, 6) is -1.63. The first-order chi connectivity index (χ1) is 14.8. The first-order valence-corrected chi connectivity index (χ1v) is 11.4. The van der Waals surface area contributed by atoms with Gasteiger partial charge in [-0.15, -0.1) is 0 Å². The molecule has 0 atom stereocenters. The number of benzene rings is 2. The molecule has 0 bridgehead atoms. The molecule has 0 saturated carbocycles. The van der Waals surface area contributed by atoms with Gasteiger partial charge in [0.15, 0.2) is 11.6 Å². The summed E-state index contributed by atoms with van der Waals surface area (Å²) < 4.78 is 55.2. The zero-order valence-corrected chi connectivity index (χ0v) is 17.8. The Morgan fingerprint density at radius 3 is 2.42 bits per heavy atom. The Morgan fingerprint density at radius 1 is 1.03 bits per heavy atom. The average Bonchev–Trinajstić information content (AvgIpc) is 3.13. The zero-order valence-electron chi connectivity index (χ0n) is 17.0. The third-order valence-electron chi connectivity index (χ3n) is 5.46. The minimum absolute atomic E-state index is 0.0817. The van der Waals surface area contributed by atoms with E-state index in [4.69, 9.17) is 0 Å². The molecule has 1 aliphatic rings. The number of hydrogen-bond acceptors (Lipinski definition) is 4. The number of fused-ring (bicyclic) bond motifs is 1. The van der Waals surface area contributed by atoms with E-state index >= 15 is 0 Å². The van der Waals surface area contributed by atoms with Crippen LogP contribution in [0.2, 0.25) is 0 Å². The SMILES string of the molecule is CCc1nc2ccccc2n1CC(=O)N1CCN(S(=O)(=O)c2ccc(F)c(F)c2)CC1. The predicted octanol–water partition coefficient (Wildman–Crippen LogP) is 2.41. The van der Waals surface area contributed by atoms with Crippen molar-refractivity contribution in [3.63, 3.8) is 0 Å². The summed E-state index contributed by atoms with van der Waals surface area (Å²) in [5, 5.41) is 0. The highest BCUT2D eigenvalue weighted by atomic mass is 32.2. The molecule has 0 spiro atoms. The molecule has 0 unspecified atom stereocenters. The second-order valence-corrected chi connectivity index (χ2v) is 9.26. The van der Waals surface area contributed by atoms with Crippen molar-refractivity contribution in [1.82, 2.24) is 18.8 Å². The third kappa shape index (κ3) is 4.05.